The van der Waals surface area contributed by atoms with Crippen molar-refractivity contribution >= 4 is 12.6 Å². The van der Waals surface area contributed by atoms with Crippen LogP contribution in [-0.2, 0) is 6.42 Å². The zero-order chi connectivity index (χ0) is 8.10. The van der Waals surface area contributed by atoms with Crippen molar-refractivity contribution in [3.63, 3.8) is 0 Å². The van der Waals surface area contributed by atoms with E-state index in [4.69, 9.17) is 5.26 Å². The van der Waals surface area contributed by atoms with Crippen molar-refractivity contribution in [3.8, 4) is 6.07 Å². The van der Waals surface area contributed by atoms with Crippen LogP contribution in [0.1, 0.15) is 11.1 Å². The third kappa shape index (κ3) is 2.28. The van der Waals surface area contributed by atoms with E-state index in [0.717, 1.165) is 12.2 Å². The molecule has 11 heavy (non-hydrogen) atoms. The first-order chi connectivity index (χ1) is 5.36. The first-order valence-electron chi connectivity index (χ1n) is 3.46. The van der Waals surface area contributed by atoms with Gasteiger partial charge in [0.25, 0.3) is 0 Å². The molecule has 1 aromatic rings. The van der Waals surface area contributed by atoms with Gasteiger partial charge in [-0.3, -0.25) is 0 Å². The summed E-state index contributed by atoms with van der Waals surface area (Å²) in [5.74, 6) is 0.853. The Morgan fingerprint density at radius 2 is 1.91 bits per heavy atom. The average Bonchev–Trinajstić information content (AvgIpc) is 2.07. The molecular weight excluding hydrogens is 154 g/mol. The van der Waals surface area contributed by atoms with Gasteiger partial charge in [0, 0.05) is 0 Å². The molecule has 1 aromatic carbocycles. The van der Waals surface area contributed by atoms with Gasteiger partial charge in [-0.25, -0.2) is 0 Å². The molecule has 0 bridgehead atoms. The molecule has 0 aliphatic rings. The predicted octanol–water partition coefficient (Wildman–Crippen LogP) is 2.03. The summed E-state index contributed by atoms with van der Waals surface area (Å²) in [4.78, 5) is 0. The number of aryl methyl sites for hydroxylation is 1. The zero-order valence-corrected chi connectivity index (χ0v) is 7.01. The van der Waals surface area contributed by atoms with E-state index in [1.165, 1.54) is 5.56 Å². The van der Waals surface area contributed by atoms with Crippen molar-refractivity contribution in [1.29, 1.82) is 5.26 Å². The van der Waals surface area contributed by atoms with Crippen LogP contribution in [0.25, 0.3) is 0 Å². The smallest absolute Gasteiger partial charge is 0.0991 e. The van der Waals surface area contributed by atoms with Crippen LogP contribution in [0.4, 0.5) is 0 Å². The highest BCUT2D eigenvalue weighted by molar-refractivity contribution is 7.80. The van der Waals surface area contributed by atoms with Crippen LogP contribution in [0.15, 0.2) is 24.3 Å². The van der Waals surface area contributed by atoms with Crippen LogP contribution >= 0.6 is 12.6 Å². The van der Waals surface area contributed by atoms with Gasteiger partial charge in [-0.15, -0.1) is 0 Å². The van der Waals surface area contributed by atoms with Gasteiger partial charge in [-0.2, -0.15) is 17.9 Å². The van der Waals surface area contributed by atoms with Crippen LogP contribution in [-0.4, -0.2) is 5.75 Å². The normalized spacial score (nSPS) is 9.09. The van der Waals surface area contributed by atoms with Crippen LogP contribution in [0.5, 0.6) is 0 Å². The van der Waals surface area contributed by atoms with Gasteiger partial charge in [0.2, 0.25) is 0 Å². The van der Waals surface area contributed by atoms with Gasteiger partial charge in [0.1, 0.15) is 0 Å². The number of thiol groups is 1. The Balaban J connectivity index is 2.76. The maximum absolute atomic E-state index is 8.49. The maximum Gasteiger partial charge on any atom is 0.0991 e. The van der Waals surface area contributed by atoms with Crippen LogP contribution in [0.2, 0.25) is 0 Å². The van der Waals surface area contributed by atoms with E-state index in [2.05, 4.69) is 18.7 Å². The van der Waals surface area contributed by atoms with Crippen molar-refractivity contribution in [3.05, 3.63) is 35.4 Å². The maximum atomic E-state index is 8.49. The van der Waals surface area contributed by atoms with Crippen molar-refractivity contribution < 1.29 is 0 Å². The van der Waals surface area contributed by atoms with Crippen molar-refractivity contribution in [2.24, 2.45) is 0 Å². The van der Waals surface area contributed by atoms with Crippen molar-refractivity contribution in [2.75, 3.05) is 5.75 Å². The molecule has 0 fully saturated rings. The SMILES string of the molecule is N#Cc1ccc(CCS)cc1. The molecule has 0 heterocycles. The fourth-order valence-corrected chi connectivity index (χ4v) is 1.13. The molecule has 2 heteroatoms. The standard InChI is InChI=1S/C9H9NS/c10-7-9-3-1-8(2-4-9)5-6-11/h1-4,11H,5-6H2. The van der Waals surface area contributed by atoms with Crippen LogP contribution in [0.3, 0.4) is 0 Å². The largest absolute Gasteiger partial charge is 0.192 e. The summed E-state index contributed by atoms with van der Waals surface area (Å²) in [5.41, 5.74) is 1.95. The first-order valence-corrected chi connectivity index (χ1v) is 4.10. The number of nitrogens with zero attached hydrogens (tertiary/aromatic N) is 1. The second-order valence-electron chi connectivity index (χ2n) is 2.28. The molecule has 0 spiro atoms. The lowest BCUT2D eigenvalue weighted by molar-refractivity contribution is 1.16. The molecule has 1 rings (SSSR count). The van der Waals surface area contributed by atoms with E-state index in [1.54, 1.807) is 0 Å². The number of hydrogen-bond donors (Lipinski definition) is 1. The monoisotopic (exact) mass is 163 g/mol. The molecule has 0 aliphatic heterocycles. The Labute approximate surface area is 72.1 Å². The predicted molar refractivity (Wildman–Crippen MR) is 48.7 cm³/mol. The summed E-state index contributed by atoms with van der Waals surface area (Å²) in [7, 11) is 0. The van der Waals surface area contributed by atoms with Gasteiger partial charge >= 0.3 is 0 Å². The second-order valence-corrected chi connectivity index (χ2v) is 2.73. The molecule has 0 aliphatic carbocycles. The van der Waals surface area contributed by atoms with Crippen molar-refractivity contribution in [2.45, 2.75) is 6.42 Å². The van der Waals surface area contributed by atoms with Gasteiger partial charge in [-0.1, -0.05) is 12.1 Å². The molecular formula is C9H9NS. The molecule has 0 N–H and O–H groups in total. The highest BCUT2D eigenvalue weighted by Gasteiger charge is 1.91. The Kier molecular flexibility index (Phi) is 3.00. The Bertz CT molecular complexity index is 258. The van der Waals surface area contributed by atoms with Gasteiger partial charge < -0.3 is 0 Å². The Hall–Kier alpha value is -0.940. The minimum Gasteiger partial charge on any atom is -0.192 e. The molecule has 0 saturated carbocycles. The van der Waals surface area contributed by atoms with E-state index < -0.39 is 0 Å². The molecule has 0 aromatic heterocycles. The molecule has 0 radical (unpaired) electrons. The molecule has 56 valence electrons. The average molecular weight is 163 g/mol. The third-order valence-corrected chi connectivity index (χ3v) is 1.71. The van der Waals surface area contributed by atoms with Gasteiger partial charge in [0.15, 0.2) is 0 Å². The summed E-state index contributed by atoms with van der Waals surface area (Å²) in [5, 5.41) is 8.49. The third-order valence-electron chi connectivity index (χ3n) is 1.48. The topological polar surface area (TPSA) is 23.8 Å². The van der Waals surface area contributed by atoms with Crippen LogP contribution in [0, 0.1) is 11.3 Å². The van der Waals surface area contributed by atoms with Gasteiger partial charge in [0.05, 0.1) is 11.6 Å². The lowest BCUT2D eigenvalue weighted by Gasteiger charge is -1.95. The minimum absolute atomic E-state index is 0.716. The molecule has 0 saturated heterocycles. The molecule has 0 amide bonds. The summed E-state index contributed by atoms with van der Waals surface area (Å²) < 4.78 is 0. The summed E-state index contributed by atoms with van der Waals surface area (Å²) >= 11 is 4.12. The highest BCUT2D eigenvalue weighted by Crippen LogP contribution is 2.04. The summed E-state index contributed by atoms with van der Waals surface area (Å²) in [6.45, 7) is 0. The fraction of sp³-hybridized carbons (Fsp3) is 0.222. The van der Waals surface area contributed by atoms with E-state index >= 15 is 0 Å². The number of hydrogen-bond acceptors (Lipinski definition) is 2. The Morgan fingerprint density at radius 3 is 2.36 bits per heavy atom. The molecule has 0 unspecified atom stereocenters. The highest BCUT2D eigenvalue weighted by atomic mass is 32.1. The minimum atomic E-state index is 0.716. The first kappa shape index (κ1) is 8.16. The number of nitriles is 1. The van der Waals surface area contributed by atoms with E-state index in [9.17, 15) is 0 Å². The quantitative estimate of drug-likeness (QED) is 0.663. The van der Waals surface area contributed by atoms with Gasteiger partial charge in [-0.05, 0) is 29.9 Å². The zero-order valence-electron chi connectivity index (χ0n) is 6.12. The molecule has 1 nitrogen and oxygen atoms in total. The van der Waals surface area contributed by atoms with E-state index in [0.29, 0.717) is 5.56 Å². The summed E-state index contributed by atoms with van der Waals surface area (Å²) in [6.07, 6.45) is 0.967. The summed E-state index contributed by atoms with van der Waals surface area (Å²) in [6, 6.07) is 9.68. The van der Waals surface area contributed by atoms with Crippen LogP contribution < -0.4 is 0 Å². The Morgan fingerprint density at radius 1 is 1.27 bits per heavy atom. The fourth-order valence-electron chi connectivity index (χ4n) is 0.875. The lowest BCUT2D eigenvalue weighted by atomic mass is 10.1. The second kappa shape index (κ2) is 4.05. The lowest BCUT2D eigenvalue weighted by Crippen LogP contribution is -1.85. The van der Waals surface area contributed by atoms with Crippen molar-refractivity contribution in [1.82, 2.24) is 0 Å². The number of benzene rings is 1. The van der Waals surface area contributed by atoms with E-state index in [1.807, 2.05) is 24.3 Å². The molecule has 0 atom stereocenters. The van der Waals surface area contributed by atoms with E-state index in [-0.39, 0.29) is 0 Å². The number of rotatable bonds is 2.